The first-order valence-corrected chi connectivity index (χ1v) is 9.02. The number of halogens is 1. The molecule has 2 N–H and O–H groups in total. The maximum atomic E-state index is 12.4. The number of hydrogen-bond donors (Lipinski definition) is 2. The highest BCUT2D eigenvalue weighted by Gasteiger charge is 2.66. The lowest BCUT2D eigenvalue weighted by atomic mass is 10.0. The lowest BCUT2D eigenvalue weighted by Crippen LogP contribution is -2.30. The van der Waals surface area contributed by atoms with Gasteiger partial charge >= 0.3 is 5.97 Å². The maximum Gasteiger partial charge on any atom is 0.336 e. The van der Waals surface area contributed by atoms with E-state index in [4.69, 9.17) is 5.11 Å². The Morgan fingerprint density at radius 3 is 2.19 bits per heavy atom. The molecule has 0 heterocycles. The van der Waals surface area contributed by atoms with Gasteiger partial charge in [0.1, 0.15) is 0 Å². The summed E-state index contributed by atoms with van der Waals surface area (Å²) >= 11 is 1.87. The second kappa shape index (κ2) is 4.92. The topological polar surface area (TPSA) is 83.5 Å². The van der Waals surface area contributed by atoms with Crippen molar-refractivity contribution in [2.24, 2.45) is 10.8 Å². The Hall–Kier alpha value is -0.670. The zero-order valence-electron chi connectivity index (χ0n) is 12.3. The van der Waals surface area contributed by atoms with E-state index in [-0.39, 0.29) is 27.3 Å². The summed E-state index contributed by atoms with van der Waals surface area (Å²) in [5.74, 6) is -1.14. The van der Waals surface area contributed by atoms with Crippen LogP contribution in [0.15, 0.2) is 23.1 Å². The summed E-state index contributed by atoms with van der Waals surface area (Å²) < 4.78 is 28.1. The van der Waals surface area contributed by atoms with Crippen molar-refractivity contribution in [2.45, 2.75) is 38.6 Å². The van der Waals surface area contributed by atoms with Crippen LogP contribution in [0, 0.1) is 14.4 Å². The Labute approximate surface area is 138 Å². The van der Waals surface area contributed by atoms with Crippen molar-refractivity contribution in [1.82, 2.24) is 4.72 Å². The first-order chi connectivity index (χ1) is 9.41. The molecule has 1 fully saturated rings. The number of sulfonamides is 1. The second-order valence-electron chi connectivity index (χ2n) is 6.44. The summed E-state index contributed by atoms with van der Waals surface area (Å²) in [6.07, 6.45) is 0. The highest BCUT2D eigenvalue weighted by molar-refractivity contribution is 14.1. The van der Waals surface area contributed by atoms with Crippen LogP contribution >= 0.6 is 22.6 Å². The largest absolute Gasteiger partial charge is 0.478 e. The summed E-state index contributed by atoms with van der Waals surface area (Å²) in [5, 5.41) is 9.10. The van der Waals surface area contributed by atoms with E-state index >= 15 is 0 Å². The molecule has 0 aliphatic heterocycles. The van der Waals surface area contributed by atoms with Crippen molar-refractivity contribution in [3.05, 3.63) is 27.3 Å². The van der Waals surface area contributed by atoms with Crippen molar-refractivity contribution in [1.29, 1.82) is 0 Å². The van der Waals surface area contributed by atoms with Crippen molar-refractivity contribution in [3.63, 3.8) is 0 Å². The summed E-state index contributed by atoms with van der Waals surface area (Å²) in [5.41, 5.74) is -0.259. The number of hydrogen-bond acceptors (Lipinski definition) is 3. The molecule has 0 bridgehead atoms. The van der Waals surface area contributed by atoms with Crippen molar-refractivity contribution in [2.75, 3.05) is 0 Å². The third-order valence-corrected chi connectivity index (χ3v) is 7.13. The number of carbonyl (C=O) groups is 1. The minimum absolute atomic E-state index is 0.00667. The van der Waals surface area contributed by atoms with Crippen LogP contribution in [0.25, 0.3) is 0 Å². The van der Waals surface area contributed by atoms with E-state index in [0.717, 1.165) is 0 Å². The van der Waals surface area contributed by atoms with Gasteiger partial charge in [0.05, 0.1) is 10.5 Å². The minimum atomic E-state index is -3.73. The summed E-state index contributed by atoms with van der Waals surface area (Å²) in [6.45, 7) is 8.04. The summed E-state index contributed by atoms with van der Waals surface area (Å²) in [4.78, 5) is 11.1. The molecule has 1 aliphatic rings. The van der Waals surface area contributed by atoms with E-state index in [2.05, 4.69) is 4.72 Å². The molecule has 5 nitrogen and oxygen atoms in total. The van der Waals surface area contributed by atoms with Crippen LogP contribution in [0.1, 0.15) is 38.1 Å². The molecule has 1 aromatic carbocycles. The molecular formula is C14H18INO4S. The van der Waals surface area contributed by atoms with Gasteiger partial charge in [0.15, 0.2) is 0 Å². The normalized spacial score (nSPS) is 20.2. The Balaban J connectivity index is 2.34. The van der Waals surface area contributed by atoms with Crippen LogP contribution in [0.5, 0.6) is 0 Å². The van der Waals surface area contributed by atoms with Gasteiger partial charge in [-0.15, -0.1) is 0 Å². The van der Waals surface area contributed by atoms with E-state index in [1.165, 1.54) is 18.2 Å². The van der Waals surface area contributed by atoms with Gasteiger partial charge in [-0.2, -0.15) is 0 Å². The van der Waals surface area contributed by atoms with Crippen molar-refractivity contribution in [3.8, 4) is 0 Å². The summed E-state index contributed by atoms with van der Waals surface area (Å²) in [7, 11) is -3.73. The van der Waals surface area contributed by atoms with E-state index in [1.807, 2.05) is 50.3 Å². The molecule has 0 radical (unpaired) electrons. The van der Waals surface area contributed by atoms with Gasteiger partial charge in [0.25, 0.3) is 0 Å². The quantitative estimate of drug-likeness (QED) is 0.730. The van der Waals surface area contributed by atoms with Gasteiger partial charge in [-0.3, -0.25) is 0 Å². The van der Waals surface area contributed by atoms with Gasteiger partial charge in [-0.1, -0.05) is 27.7 Å². The van der Waals surface area contributed by atoms with Crippen LogP contribution in [-0.2, 0) is 10.0 Å². The highest BCUT2D eigenvalue weighted by atomic mass is 127. The van der Waals surface area contributed by atoms with Gasteiger partial charge in [0, 0.05) is 9.61 Å². The van der Waals surface area contributed by atoms with Gasteiger partial charge in [-0.25, -0.2) is 17.9 Å². The predicted molar refractivity (Wildman–Crippen MR) is 87.8 cm³/mol. The Morgan fingerprint density at radius 2 is 1.76 bits per heavy atom. The second-order valence-corrected chi connectivity index (χ2v) is 9.32. The maximum absolute atomic E-state index is 12.4. The number of nitrogens with one attached hydrogen (secondary N) is 1. The number of carboxylic acid groups (broad SMARTS) is 1. The number of aromatic carboxylic acids is 1. The van der Waals surface area contributed by atoms with Gasteiger partial charge in [0.2, 0.25) is 10.0 Å². The molecule has 21 heavy (non-hydrogen) atoms. The molecule has 2 rings (SSSR count). The fourth-order valence-electron chi connectivity index (χ4n) is 2.55. The molecular weight excluding hydrogens is 405 g/mol. The van der Waals surface area contributed by atoms with Gasteiger partial charge < -0.3 is 5.11 Å². The lowest BCUT2D eigenvalue weighted by molar-refractivity contribution is 0.0695. The summed E-state index contributed by atoms with van der Waals surface area (Å²) in [6, 6.07) is 3.97. The standard InChI is InChI=1S/C14H18INO4S/c1-13(2)12(14(13,3)4)16-21(19,20)8-5-6-10(15)9(7-8)11(17)18/h5-7,12,16H,1-4H3,(H,17,18). The van der Waals surface area contributed by atoms with Crippen LogP contribution < -0.4 is 4.72 Å². The zero-order chi connectivity index (χ0) is 16.2. The molecule has 116 valence electrons. The molecule has 1 aliphatic carbocycles. The number of benzene rings is 1. The first kappa shape index (κ1) is 16.7. The Bertz CT molecular complexity index is 696. The smallest absolute Gasteiger partial charge is 0.336 e. The van der Waals surface area contributed by atoms with E-state index < -0.39 is 16.0 Å². The highest BCUT2D eigenvalue weighted by Crippen LogP contribution is 2.62. The van der Waals surface area contributed by atoms with Crippen molar-refractivity contribution >= 4 is 38.6 Å². The first-order valence-electron chi connectivity index (χ1n) is 6.46. The van der Waals surface area contributed by atoms with Crippen LogP contribution in [0.3, 0.4) is 0 Å². The average molecular weight is 423 g/mol. The van der Waals surface area contributed by atoms with Crippen LogP contribution in [-0.4, -0.2) is 25.5 Å². The molecule has 1 saturated carbocycles. The third-order valence-electron chi connectivity index (χ3n) is 4.77. The number of rotatable bonds is 4. The minimum Gasteiger partial charge on any atom is -0.478 e. The van der Waals surface area contributed by atoms with Crippen LogP contribution in [0.2, 0.25) is 0 Å². The molecule has 0 spiro atoms. The van der Waals surface area contributed by atoms with Crippen LogP contribution in [0.4, 0.5) is 0 Å². The molecule has 7 heteroatoms. The van der Waals surface area contributed by atoms with E-state index in [0.29, 0.717) is 3.57 Å². The van der Waals surface area contributed by atoms with E-state index in [9.17, 15) is 13.2 Å². The van der Waals surface area contributed by atoms with Crippen molar-refractivity contribution < 1.29 is 18.3 Å². The predicted octanol–water partition coefficient (Wildman–Crippen LogP) is 2.70. The Morgan fingerprint density at radius 1 is 1.24 bits per heavy atom. The SMILES string of the molecule is CC1(C)C(NS(=O)(=O)c2ccc(I)c(C(=O)O)c2)C1(C)C. The molecule has 0 unspecified atom stereocenters. The fraction of sp³-hybridized carbons (Fsp3) is 0.500. The van der Waals surface area contributed by atoms with Gasteiger partial charge in [-0.05, 0) is 51.6 Å². The third kappa shape index (κ3) is 2.70. The molecule has 1 aromatic rings. The molecule has 0 saturated heterocycles. The van der Waals surface area contributed by atoms with E-state index in [1.54, 1.807) is 0 Å². The molecule has 0 aromatic heterocycles. The Kier molecular flexibility index (Phi) is 3.91. The zero-order valence-corrected chi connectivity index (χ0v) is 15.2. The molecule has 0 atom stereocenters. The average Bonchev–Trinajstić information content (AvgIpc) is 2.71. The molecule has 0 amide bonds. The lowest BCUT2D eigenvalue weighted by Gasteiger charge is -2.09. The monoisotopic (exact) mass is 423 g/mol. The fourth-order valence-corrected chi connectivity index (χ4v) is 4.67. The number of carboxylic acids is 1.